The lowest BCUT2D eigenvalue weighted by molar-refractivity contribution is -0.143. The van der Waals surface area contributed by atoms with Crippen molar-refractivity contribution in [2.45, 2.75) is 24.2 Å². The molecule has 0 radical (unpaired) electrons. The zero-order chi connectivity index (χ0) is 27.3. The number of aryl methyl sites for hydroxylation is 1. The van der Waals surface area contributed by atoms with Crippen LogP contribution < -0.4 is 10.3 Å². The topological polar surface area (TPSA) is 81.1 Å². The molecule has 0 atom stereocenters. The highest BCUT2D eigenvalue weighted by atomic mass is 32.2. The molecule has 194 valence electrons. The first-order chi connectivity index (χ1) is 17.1. The fourth-order valence-electron chi connectivity index (χ4n) is 3.56. The SMILES string of the molecule is Cc1nc2ccccc2c(=O)n1-c1ccc(F)c(NS(=O)(=O)c2cc(C(F)(F)F)cc(C(F)(F)F)c2)c1. The average molecular weight is 545 g/mol. The summed E-state index contributed by atoms with van der Waals surface area (Å²) in [5, 5.41) is 0.197. The fraction of sp³-hybridized carbons (Fsp3) is 0.130. The monoisotopic (exact) mass is 545 g/mol. The molecule has 3 aromatic carbocycles. The summed E-state index contributed by atoms with van der Waals surface area (Å²) in [6.07, 6.45) is -10.6. The molecule has 14 heteroatoms. The summed E-state index contributed by atoms with van der Waals surface area (Å²) < 4.78 is 122. The van der Waals surface area contributed by atoms with Gasteiger partial charge in [-0.2, -0.15) is 26.3 Å². The van der Waals surface area contributed by atoms with Crippen molar-refractivity contribution in [3.05, 3.63) is 93.8 Å². The van der Waals surface area contributed by atoms with E-state index in [1.165, 1.54) is 13.0 Å². The Hall–Kier alpha value is -3.94. The van der Waals surface area contributed by atoms with E-state index >= 15 is 0 Å². The van der Waals surface area contributed by atoms with Crippen LogP contribution in [0.1, 0.15) is 17.0 Å². The molecule has 0 bridgehead atoms. The standard InChI is InChI=1S/C23H14F7N3O3S/c1-12-31-19-5-3-2-4-17(19)21(34)33(12)15-6-7-18(24)20(11-15)32-37(35,36)16-9-13(22(25,26)27)8-14(10-16)23(28,29)30/h2-11,32H,1H3. The predicted molar refractivity (Wildman–Crippen MR) is 119 cm³/mol. The minimum absolute atomic E-state index is 0.00122. The fourth-order valence-corrected chi connectivity index (χ4v) is 4.69. The van der Waals surface area contributed by atoms with Gasteiger partial charge in [0.15, 0.2) is 0 Å². The van der Waals surface area contributed by atoms with Crippen LogP contribution in [0, 0.1) is 12.7 Å². The molecule has 1 heterocycles. The Bertz CT molecular complexity index is 1660. The first-order valence-corrected chi connectivity index (χ1v) is 11.7. The van der Waals surface area contributed by atoms with Crippen LogP contribution >= 0.6 is 0 Å². The van der Waals surface area contributed by atoms with Crippen LogP contribution in [0.4, 0.5) is 36.4 Å². The van der Waals surface area contributed by atoms with Crippen LogP contribution in [0.5, 0.6) is 0 Å². The molecule has 0 spiro atoms. The molecule has 1 aromatic heterocycles. The van der Waals surface area contributed by atoms with Crippen LogP contribution in [-0.2, 0) is 22.4 Å². The minimum atomic E-state index is -5.29. The highest BCUT2D eigenvalue weighted by Gasteiger charge is 2.38. The summed E-state index contributed by atoms with van der Waals surface area (Å²) >= 11 is 0. The first-order valence-electron chi connectivity index (χ1n) is 10.2. The molecule has 0 aliphatic carbocycles. The maximum atomic E-state index is 14.5. The number of nitrogens with one attached hydrogen (secondary N) is 1. The van der Waals surface area contributed by atoms with Crippen LogP contribution in [0.3, 0.4) is 0 Å². The van der Waals surface area contributed by atoms with Crippen molar-refractivity contribution in [1.29, 1.82) is 0 Å². The number of halogens is 7. The van der Waals surface area contributed by atoms with E-state index in [1.54, 1.807) is 22.9 Å². The van der Waals surface area contributed by atoms with E-state index in [-0.39, 0.29) is 35.1 Å². The van der Waals surface area contributed by atoms with E-state index in [0.29, 0.717) is 5.52 Å². The van der Waals surface area contributed by atoms with Crippen molar-refractivity contribution in [1.82, 2.24) is 9.55 Å². The van der Waals surface area contributed by atoms with Crippen LogP contribution in [0.15, 0.2) is 70.4 Å². The number of anilines is 1. The van der Waals surface area contributed by atoms with E-state index < -0.39 is 55.5 Å². The van der Waals surface area contributed by atoms with Gasteiger partial charge in [0, 0.05) is 0 Å². The van der Waals surface area contributed by atoms with Gasteiger partial charge in [0.25, 0.3) is 15.6 Å². The number of benzene rings is 3. The zero-order valence-electron chi connectivity index (χ0n) is 18.4. The van der Waals surface area contributed by atoms with Crippen molar-refractivity contribution in [3.8, 4) is 5.69 Å². The number of rotatable bonds is 4. The van der Waals surface area contributed by atoms with Crippen molar-refractivity contribution in [2.75, 3.05) is 4.72 Å². The molecule has 4 aromatic rings. The smallest absolute Gasteiger partial charge is 0.277 e. The second kappa shape index (κ2) is 8.87. The predicted octanol–water partition coefficient (Wildman–Crippen LogP) is 5.67. The number of aromatic nitrogens is 2. The summed E-state index contributed by atoms with van der Waals surface area (Å²) in [4.78, 5) is 15.9. The van der Waals surface area contributed by atoms with Gasteiger partial charge in [-0.05, 0) is 55.5 Å². The van der Waals surface area contributed by atoms with Crippen molar-refractivity contribution in [2.24, 2.45) is 0 Å². The molecular weight excluding hydrogens is 531 g/mol. The number of fused-ring (bicyclic) bond motifs is 1. The number of para-hydroxylation sites is 1. The quantitative estimate of drug-likeness (QED) is 0.335. The summed E-state index contributed by atoms with van der Waals surface area (Å²) in [5.41, 5.74) is -4.80. The molecule has 0 aliphatic rings. The van der Waals surface area contributed by atoms with Gasteiger partial charge in [0.1, 0.15) is 11.6 Å². The normalized spacial score (nSPS) is 12.6. The number of hydrogen-bond donors (Lipinski definition) is 1. The van der Waals surface area contributed by atoms with Gasteiger partial charge in [-0.15, -0.1) is 0 Å². The molecule has 37 heavy (non-hydrogen) atoms. The largest absolute Gasteiger partial charge is 0.416 e. The summed E-state index contributed by atoms with van der Waals surface area (Å²) in [5.74, 6) is -1.05. The Morgan fingerprint density at radius 1 is 0.865 bits per heavy atom. The number of nitrogens with zero attached hydrogens (tertiary/aromatic N) is 2. The number of hydrogen-bond acceptors (Lipinski definition) is 4. The lowest BCUT2D eigenvalue weighted by Crippen LogP contribution is -2.23. The van der Waals surface area contributed by atoms with Gasteiger partial charge < -0.3 is 0 Å². The number of alkyl halides is 6. The van der Waals surface area contributed by atoms with Crippen LogP contribution in [-0.4, -0.2) is 18.0 Å². The van der Waals surface area contributed by atoms with Gasteiger partial charge >= 0.3 is 12.4 Å². The van der Waals surface area contributed by atoms with E-state index in [9.17, 15) is 43.9 Å². The number of sulfonamides is 1. The van der Waals surface area contributed by atoms with Gasteiger partial charge in [-0.25, -0.2) is 17.8 Å². The van der Waals surface area contributed by atoms with Crippen LogP contribution in [0.25, 0.3) is 16.6 Å². The van der Waals surface area contributed by atoms with Gasteiger partial charge in [0.2, 0.25) is 0 Å². The third-order valence-corrected chi connectivity index (χ3v) is 6.61. The Kier molecular flexibility index (Phi) is 6.26. The Morgan fingerprint density at radius 2 is 1.46 bits per heavy atom. The molecule has 0 saturated heterocycles. The Morgan fingerprint density at radius 3 is 2.05 bits per heavy atom. The molecule has 4 rings (SSSR count). The molecule has 0 fully saturated rings. The minimum Gasteiger partial charge on any atom is -0.277 e. The third-order valence-electron chi connectivity index (χ3n) is 5.27. The first kappa shape index (κ1) is 26.1. The van der Waals surface area contributed by atoms with E-state index in [1.807, 2.05) is 0 Å². The second-order valence-electron chi connectivity index (χ2n) is 7.83. The second-order valence-corrected chi connectivity index (χ2v) is 9.51. The van der Waals surface area contributed by atoms with Gasteiger partial charge in [-0.1, -0.05) is 12.1 Å². The Labute approximate surface area is 204 Å². The van der Waals surface area contributed by atoms with Gasteiger partial charge in [-0.3, -0.25) is 14.1 Å². The highest BCUT2D eigenvalue weighted by molar-refractivity contribution is 7.92. The maximum Gasteiger partial charge on any atom is 0.416 e. The molecular formula is C23H14F7N3O3S. The van der Waals surface area contributed by atoms with Crippen molar-refractivity contribution < 1.29 is 39.2 Å². The van der Waals surface area contributed by atoms with E-state index in [2.05, 4.69) is 4.98 Å². The van der Waals surface area contributed by atoms with Crippen molar-refractivity contribution >= 4 is 26.6 Å². The van der Waals surface area contributed by atoms with Gasteiger partial charge in [0.05, 0.1) is 38.3 Å². The summed E-state index contributed by atoms with van der Waals surface area (Å²) in [6, 6.07) is 8.86. The summed E-state index contributed by atoms with van der Waals surface area (Å²) in [6.45, 7) is 1.46. The van der Waals surface area contributed by atoms with Crippen molar-refractivity contribution in [3.63, 3.8) is 0 Å². The molecule has 0 saturated carbocycles. The zero-order valence-corrected chi connectivity index (χ0v) is 19.3. The summed E-state index contributed by atoms with van der Waals surface area (Å²) in [7, 11) is -5.15. The molecule has 0 unspecified atom stereocenters. The molecule has 0 aliphatic heterocycles. The average Bonchev–Trinajstić information content (AvgIpc) is 2.79. The lowest BCUT2D eigenvalue weighted by atomic mass is 10.1. The lowest BCUT2D eigenvalue weighted by Gasteiger charge is -2.16. The highest BCUT2D eigenvalue weighted by Crippen LogP contribution is 2.37. The Balaban J connectivity index is 1.82. The van der Waals surface area contributed by atoms with Crippen LogP contribution in [0.2, 0.25) is 0 Å². The van der Waals surface area contributed by atoms with E-state index in [4.69, 9.17) is 0 Å². The molecule has 1 N–H and O–H groups in total. The molecule has 6 nitrogen and oxygen atoms in total. The van der Waals surface area contributed by atoms with E-state index in [0.717, 1.165) is 22.8 Å². The molecule has 0 amide bonds. The maximum absolute atomic E-state index is 14.5. The third kappa shape index (κ3) is 5.14.